The lowest BCUT2D eigenvalue weighted by Crippen LogP contribution is -2.27. The first-order valence-electron chi connectivity index (χ1n) is 7.23. The fourth-order valence-corrected chi connectivity index (χ4v) is 2.25. The molecule has 0 atom stereocenters. The Morgan fingerprint density at radius 3 is 2.44 bits per heavy atom. The number of aromatic hydroxyl groups is 1. The number of pyridine rings is 1. The minimum atomic E-state index is -0.884. The van der Waals surface area contributed by atoms with Gasteiger partial charge in [0, 0.05) is 18.0 Å². The predicted molar refractivity (Wildman–Crippen MR) is 88.0 cm³/mol. The van der Waals surface area contributed by atoms with E-state index in [1.807, 2.05) is 0 Å². The molecular weight excluding hydrogens is 330 g/mol. The number of nitrogens with one attached hydrogen (secondary N) is 1. The van der Waals surface area contributed by atoms with Gasteiger partial charge < -0.3 is 10.4 Å². The summed E-state index contributed by atoms with van der Waals surface area (Å²) in [6.45, 7) is 0. The van der Waals surface area contributed by atoms with E-state index < -0.39 is 28.9 Å². The van der Waals surface area contributed by atoms with Gasteiger partial charge in [0.1, 0.15) is 11.4 Å². The van der Waals surface area contributed by atoms with Gasteiger partial charge in [-0.3, -0.25) is 14.2 Å². The van der Waals surface area contributed by atoms with E-state index in [1.54, 1.807) is 0 Å². The molecule has 2 aromatic carbocycles. The first-order chi connectivity index (χ1) is 12.0. The maximum atomic E-state index is 13.5. The smallest absolute Gasteiger partial charge is 0.267 e. The van der Waals surface area contributed by atoms with Gasteiger partial charge in [0.15, 0.2) is 11.6 Å². The monoisotopic (exact) mass is 342 g/mol. The first kappa shape index (κ1) is 16.4. The van der Waals surface area contributed by atoms with Crippen LogP contribution in [0.2, 0.25) is 0 Å². The zero-order valence-corrected chi connectivity index (χ0v) is 12.7. The normalized spacial score (nSPS) is 10.5. The minimum Gasteiger partial charge on any atom is -0.505 e. The molecule has 0 aliphatic carbocycles. The van der Waals surface area contributed by atoms with Crippen LogP contribution in [0.1, 0.15) is 10.4 Å². The lowest BCUT2D eigenvalue weighted by Gasteiger charge is -2.09. The fourth-order valence-electron chi connectivity index (χ4n) is 2.25. The molecule has 3 rings (SSSR count). The Hall–Kier alpha value is -3.48. The van der Waals surface area contributed by atoms with Crippen molar-refractivity contribution in [3.05, 3.63) is 88.3 Å². The molecule has 0 bridgehead atoms. The highest BCUT2D eigenvalue weighted by atomic mass is 19.1. The molecule has 5 nitrogen and oxygen atoms in total. The molecule has 0 saturated heterocycles. The van der Waals surface area contributed by atoms with Gasteiger partial charge >= 0.3 is 0 Å². The number of benzene rings is 2. The van der Waals surface area contributed by atoms with Gasteiger partial charge in [0.2, 0.25) is 0 Å². The average Bonchev–Trinajstić information content (AvgIpc) is 2.59. The van der Waals surface area contributed by atoms with E-state index >= 15 is 0 Å². The molecule has 0 saturated carbocycles. The third-order valence-electron chi connectivity index (χ3n) is 3.50. The van der Waals surface area contributed by atoms with Crippen LogP contribution in [0.15, 0.2) is 65.6 Å². The second-order valence-corrected chi connectivity index (χ2v) is 5.19. The maximum absolute atomic E-state index is 13.5. The second-order valence-electron chi connectivity index (χ2n) is 5.19. The summed E-state index contributed by atoms with van der Waals surface area (Å²) >= 11 is 0. The van der Waals surface area contributed by atoms with Gasteiger partial charge in [0.05, 0.1) is 5.69 Å². The molecule has 1 aromatic heterocycles. The Morgan fingerprint density at radius 1 is 1.04 bits per heavy atom. The van der Waals surface area contributed by atoms with Crippen molar-refractivity contribution in [1.29, 1.82) is 0 Å². The lowest BCUT2D eigenvalue weighted by molar-refractivity contribution is 0.102. The van der Waals surface area contributed by atoms with Crippen LogP contribution < -0.4 is 10.9 Å². The van der Waals surface area contributed by atoms with Crippen LogP contribution in [0.25, 0.3) is 5.69 Å². The molecule has 7 heteroatoms. The summed E-state index contributed by atoms with van der Waals surface area (Å²) < 4.78 is 27.5. The van der Waals surface area contributed by atoms with E-state index in [4.69, 9.17) is 0 Å². The molecule has 126 valence electrons. The quantitative estimate of drug-likeness (QED) is 0.768. The van der Waals surface area contributed by atoms with Gasteiger partial charge in [-0.15, -0.1) is 0 Å². The number of phenols is 1. The molecule has 0 unspecified atom stereocenters. The van der Waals surface area contributed by atoms with Crippen molar-refractivity contribution < 1.29 is 18.7 Å². The lowest BCUT2D eigenvalue weighted by atomic mass is 10.2. The predicted octanol–water partition coefficient (Wildman–Crippen LogP) is 3.07. The van der Waals surface area contributed by atoms with E-state index in [0.29, 0.717) is 5.69 Å². The number of hydrogen-bond donors (Lipinski definition) is 2. The maximum Gasteiger partial charge on any atom is 0.267 e. The highest BCUT2D eigenvalue weighted by molar-refractivity contribution is 6.04. The van der Waals surface area contributed by atoms with Gasteiger partial charge in [-0.1, -0.05) is 0 Å². The van der Waals surface area contributed by atoms with Crippen molar-refractivity contribution in [2.24, 2.45) is 0 Å². The van der Waals surface area contributed by atoms with Gasteiger partial charge in [-0.2, -0.15) is 0 Å². The number of carbonyl (C=O) groups is 1. The van der Waals surface area contributed by atoms with Crippen molar-refractivity contribution in [1.82, 2.24) is 4.57 Å². The number of aromatic nitrogens is 1. The number of anilines is 1. The fraction of sp³-hybridized carbons (Fsp3) is 0. The van der Waals surface area contributed by atoms with Gasteiger partial charge in [0.25, 0.3) is 11.5 Å². The Bertz CT molecular complexity index is 998. The number of phenolic OH excluding ortho intramolecular Hbond substituents is 1. The standard InChI is InChI=1S/C18H12F2N2O3/c19-11-3-5-12(6-4-11)21-17(24)14-2-1-9-22(18(14)25)13-7-8-16(23)15(20)10-13/h1-10,23H,(H,21,24). The average molecular weight is 342 g/mol. The van der Waals surface area contributed by atoms with Crippen LogP contribution in [0.4, 0.5) is 14.5 Å². The van der Waals surface area contributed by atoms with Crippen LogP contribution in [0, 0.1) is 11.6 Å². The molecule has 0 spiro atoms. The highest BCUT2D eigenvalue weighted by Crippen LogP contribution is 2.18. The van der Waals surface area contributed by atoms with E-state index in [-0.39, 0.29) is 11.3 Å². The van der Waals surface area contributed by atoms with Gasteiger partial charge in [-0.25, -0.2) is 8.78 Å². The molecule has 0 aliphatic rings. The van der Waals surface area contributed by atoms with Crippen molar-refractivity contribution in [3.8, 4) is 11.4 Å². The Morgan fingerprint density at radius 2 is 1.76 bits per heavy atom. The number of nitrogens with zero attached hydrogens (tertiary/aromatic N) is 1. The summed E-state index contributed by atoms with van der Waals surface area (Å²) in [6, 6.07) is 11.3. The van der Waals surface area contributed by atoms with Crippen molar-refractivity contribution in [3.63, 3.8) is 0 Å². The Kier molecular flexibility index (Phi) is 4.30. The molecule has 0 radical (unpaired) electrons. The van der Waals surface area contributed by atoms with Crippen molar-refractivity contribution in [2.45, 2.75) is 0 Å². The summed E-state index contributed by atoms with van der Waals surface area (Å²) in [5.41, 5.74) is -0.332. The van der Waals surface area contributed by atoms with Crippen molar-refractivity contribution in [2.75, 3.05) is 5.32 Å². The van der Waals surface area contributed by atoms with Crippen LogP contribution in [-0.4, -0.2) is 15.6 Å². The summed E-state index contributed by atoms with van der Waals surface area (Å²) in [7, 11) is 0. The topological polar surface area (TPSA) is 71.3 Å². The molecule has 0 fully saturated rings. The zero-order chi connectivity index (χ0) is 18.0. The molecule has 25 heavy (non-hydrogen) atoms. The Balaban J connectivity index is 1.95. The third-order valence-corrected chi connectivity index (χ3v) is 3.50. The van der Waals surface area contributed by atoms with Crippen LogP contribution >= 0.6 is 0 Å². The molecular formula is C18H12F2N2O3. The summed E-state index contributed by atoms with van der Waals surface area (Å²) in [6.07, 6.45) is 1.38. The summed E-state index contributed by atoms with van der Waals surface area (Å²) in [5.74, 6) is -2.55. The first-order valence-corrected chi connectivity index (χ1v) is 7.23. The SMILES string of the molecule is O=C(Nc1ccc(F)cc1)c1cccn(-c2ccc(O)c(F)c2)c1=O. The largest absolute Gasteiger partial charge is 0.505 e. The number of halogens is 2. The van der Waals surface area contributed by atoms with E-state index in [2.05, 4.69) is 5.32 Å². The summed E-state index contributed by atoms with van der Waals surface area (Å²) in [5, 5.41) is 11.7. The van der Waals surface area contributed by atoms with E-state index in [1.165, 1.54) is 48.7 Å². The third kappa shape index (κ3) is 3.40. The number of rotatable bonds is 3. The Labute approximate surface area is 140 Å². The second kappa shape index (κ2) is 6.56. The number of hydrogen-bond acceptors (Lipinski definition) is 3. The molecule has 2 N–H and O–H groups in total. The minimum absolute atomic E-state index is 0.164. The number of amides is 1. The van der Waals surface area contributed by atoms with Crippen molar-refractivity contribution >= 4 is 11.6 Å². The number of carbonyl (C=O) groups excluding carboxylic acids is 1. The van der Waals surface area contributed by atoms with E-state index in [9.17, 15) is 23.5 Å². The van der Waals surface area contributed by atoms with Crippen LogP contribution in [-0.2, 0) is 0 Å². The molecule has 1 amide bonds. The molecule has 1 heterocycles. The van der Waals surface area contributed by atoms with E-state index in [0.717, 1.165) is 16.7 Å². The molecule has 3 aromatic rings. The summed E-state index contributed by atoms with van der Waals surface area (Å²) in [4.78, 5) is 24.8. The molecule has 0 aliphatic heterocycles. The highest BCUT2D eigenvalue weighted by Gasteiger charge is 2.14. The van der Waals surface area contributed by atoms with Crippen LogP contribution in [0.3, 0.4) is 0 Å². The van der Waals surface area contributed by atoms with Gasteiger partial charge in [-0.05, 0) is 48.5 Å². The van der Waals surface area contributed by atoms with Crippen LogP contribution in [0.5, 0.6) is 5.75 Å². The zero-order valence-electron chi connectivity index (χ0n) is 12.7.